The average molecular weight is 383 g/mol. The summed E-state index contributed by atoms with van der Waals surface area (Å²) >= 11 is 0. The van der Waals surface area contributed by atoms with Gasteiger partial charge in [-0.05, 0) is 30.7 Å². The first kappa shape index (κ1) is 20.5. The fourth-order valence-electron chi connectivity index (χ4n) is 2.39. The molecule has 2 rings (SSSR count). The molecule has 0 aliphatic heterocycles. The lowest BCUT2D eigenvalue weighted by molar-refractivity contribution is -0.160. The molecule has 0 unspecified atom stereocenters. The zero-order valence-electron chi connectivity index (χ0n) is 14.8. The Bertz CT molecular complexity index is 757. The summed E-state index contributed by atoms with van der Waals surface area (Å²) in [6.07, 6.45) is -2.64. The van der Waals surface area contributed by atoms with E-state index in [1.54, 1.807) is 31.4 Å². The minimum absolute atomic E-state index is 0.0514. The number of aryl methyl sites for hydroxylation is 1. The van der Waals surface area contributed by atoms with Crippen molar-refractivity contribution in [2.45, 2.75) is 25.4 Å². The van der Waals surface area contributed by atoms with Gasteiger partial charge in [-0.25, -0.2) is 0 Å². The molecule has 0 atom stereocenters. The summed E-state index contributed by atoms with van der Waals surface area (Å²) in [6, 6.07) is 7.08. The van der Waals surface area contributed by atoms with Gasteiger partial charge in [0.25, 0.3) is 0 Å². The normalized spacial score (nSPS) is 11.3. The molecule has 1 heterocycles. The number of rotatable bonds is 9. The van der Waals surface area contributed by atoms with E-state index in [-0.39, 0.29) is 13.0 Å². The fourth-order valence-corrected chi connectivity index (χ4v) is 2.39. The van der Waals surface area contributed by atoms with E-state index in [2.05, 4.69) is 16.7 Å². The molecule has 0 spiro atoms. The lowest BCUT2D eigenvalue weighted by Gasteiger charge is -2.22. The van der Waals surface area contributed by atoms with Crippen molar-refractivity contribution in [3.8, 4) is 17.1 Å². The summed E-state index contributed by atoms with van der Waals surface area (Å²) in [6.45, 7) is 1.94. The Morgan fingerprint density at radius 3 is 2.63 bits per heavy atom. The number of halogens is 3. The maximum absolute atomic E-state index is 12.5. The fraction of sp³-hybridized carbons (Fsp3) is 0.389. The molecule has 0 aliphatic carbocycles. The molecule has 0 aliphatic rings. The van der Waals surface area contributed by atoms with Crippen molar-refractivity contribution in [3.63, 3.8) is 0 Å². The van der Waals surface area contributed by atoms with Crippen LogP contribution in [0.1, 0.15) is 18.7 Å². The molecule has 9 heteroatoms. The number of benzene rings is 1. The summed E-state index contributed by atoms with van der Waals surface area (Å²) < 4.78 is 47.8. The van der Waals surface area contributed by atoms with Gasteiger partial charge in [0.15, 0.2) is 0 Å². The van der Waals surface area contributed by atoms with Crippen LogP contribution in [0.4, 0.5) is 13.2 Å². The van der Waals surface area contributed by atoms with E-state index in [0.717, 1.165) is 10.5 Å². The second-order valence-electron chi connectivity index (χ2n) is 5.77. The minimum Gasteiger partial charge on any atom is -0.497 e. The third kappa shape index (κ3) is 6.43. The first-order valence-corrected chi connectivity index (χ1v) is 8.25. The van der Waals surface area contributed by atoms with E-state index in [1.807, 2.05) is 0 Å². The quantitative estimate of drug-likeness (QED) is 0.619. The Morgan fingerprint density at radius 2 is 2.04 bits per heavy atom. The predicted octanol–water partition coefficient (Wildman–Crippen LogP) is 3.64. The maximum atomic E-state index is 12.5. The molecule has 6 nitrogen and oxygen atoms in total. The standard InChI is InChI=1S/C18H20F3N3O3/c1-3-11-24(12-18(19,20)21)16(25)6-4-5-15-22-17(23-27-15)13-7-9-14(26-2)10-8-13/h3,7-10H,1,4-6,11-12H2,2H3. The highest BCUT2D eigenvalue weighted by Crippen LogP contribution is 2.20. The molecular weight excluding hydrogens is 363 g/mol. The molecule has 1 aromatic heterocycles. The van der Waals surface area contributed by atoms with Crippen molar-refractivity contribution >= 4 is 5.91 Å². The van der Waals surface area contributed by atoms with Crippen LogP contribution in [0.5, 0.6) is 5.75 Å². The van der Waals surface area contributed by atoms with Gasteiger partial charge in [0.05, 0.1) is 7.11 Å². The number of carbonyl (C=O) groups excluding carboxylic acids is 1. The number of alkyl halides is 3. The van der Waals surface area contributed by atoms with Crippen LogP contribution in [0, 0.1) is 0 Å². The average Bonchev–Trinajstić information content (AvgIpc) is 3.09. The number of hydrogen-bond donors (Lipinski definition) is 0. The largest absolute Gasteiger partial charge is 0.497 e. The van der Waals surface area contributed by atoms with E-state index in [1.165, 1.54) is 6.08 Å². The topological polar surface area (TPSA) is 68.5 Å². The molecular formula is C18H20F3N3O3. The van der Waals surface area contributed by atoms with Crippen molar-refractivity contribution in [3.05, 3.63) is 42.8 Å². The third-order valence-corrected chi connectivity index (χ3v) is 3.67. The summed E-state index contributed by atoms with van der Waals surface area (Å²) in [5, 5.41) is 3.87. The molecule has 1 amide bonds. The maximum Gasteiger partial charge on any atom is 0.406 e. The number of ether oxygens (including phenoxy) is 1. The van der Waals surface area contributed by atoms with Crippen molar-refractivity contribution in [2.75, 3.05) is 20.2 Å². The Morgan fingerprint density at radius 1 is 1.33 bits per heavy atom. The van der Waals surface area contributed by atoms with Gasteiger partial charge in [0.1, 0.15) is 12.3 Å². The van der Waals surface area contributed by atoms with Crippen molar-refractivity contribution in [1.82, 2.24) is 15.0 Å². The second kappa shape index (κ2) is 9.20. The zero-order valence-corrected chi connectivity index (χ0v) is 14.8. The number of nitrogens with zero attached hydrogens (tertiary/aromatic N) is 3. The van der Waals surface area contributed by atoms with Gasteiger partial charge in [0, 0.05) is 24.9 Å². The molecule has 146 valence electrons. The van der Waals surface area contributed by atoms with E-state index >= 15 is 0 Å². The zero-order chi connectivity index (χ0) is 19.9. The van der Waals surface area contributed by atoms with Crippen molar-refractivity contribution in [2.24, 2.45) is 0 Å². The highest BCUT2D eigenvalue weighted by molar-refractivity contribution is 5.76. The van der Waals surface area contributed by atoms with Crippen molar-refractivity contribution < 1.29 is 27.2 Å². The lowest BCUT2D eigenvalue weighted by atomic mass is 10.2. The molecule has 1 aromatic carbocycles. The third-order valence-electron chi connectivity index (χ3n) is 3.67. The van der Waals surface area contributed by atoms with E-state index in [0.29, 0.717) is 30.3 Å². The molecule has 0 saturated heterocycles. The van der Waals surface area contributed by atoms with Crippen LogP contribution in [0.15, 0.2) is 41.4 Å². The highest BCUT2D eigenvalue weighted by Gasteiger charge is 2.32. The number of amides is 1. The smallest absolute Gasteiger partial charge is 0.406 e. The van der Waals surface area contributed by atoms with Crippen molar-refractivity contribution in [1.29, 1.82) is 0 Å². The van der Waals surface area contributed by atoms with Gasteiger partial charge in [-0.15, -0.1) is 6.58 Å². The summed E-state index contributed by atoms with van der Waals surface area (Å²) in [4.78, 5) is 16.9. The predicted molar refractivity (Wildman–Crippen MR) is 92.1 cm³/mol. The number of carbonyl (C=O) groups is 1. The van der Waals surface area contributed by atoms with Crippen LogP contribution in [0.3, 0.4) is 0 Å². The van der Waals surface area contributed by atoms with Crippen LogP contribution in [0.2, 0.25) is 0 Å². The molecule has 0 saturated carbocycles. The molecule has 0 fully saturated rings. The van der Waals surface area contributed by atoms with Gasteiger partial charge in [-0.3, -0.25) is 4.79 Å². The second-order valence-corrected chi connectivity index (χ2v) is 5.77. The monoisotopic (exact) mass is 383 g/mol. The van der Waals surface area contributed by atoms with Crippen LogP contribution < -0.4 is 4.74 Å². The van der Waals surface area contributed by atoms with Crippen LogP contribution in [-0.4, -0.2) is 47.3 Å². The number of aromatic nitrogens is 2. The highest BCUT2D eigenvalue weighted by atomic mass is 19.4. The summed E-state index contributed by atoms with van der Waals surface area (Å²) in [7, 11) is 1.56. The molecule has 27 heavy (non-hydrogen) atoms. The number of hydrogen-bond acceptors (Lipinski definition) is 5. The SMILES string of the molecule is C=CCN(CC(F)(F)F)C(=O)CCCc1nc(-c2ccc(OC)cc2)no1. The van der Waals surface area contributed by atoms with E-state index < -0.39 is 18.6 Å². The van der Waals surface area contributed by atoms with Gasteiger partial charge < -0.3 is 14.2 Å². The molecule has 0 radical (unpaired) electrons. The first-order valence-electron chi connectivity index (χ1n) is 8.25. The van der Waals surface area contributed by atoms with Gasteiger partial charge in [-0.2, -0.15) is 18.2 Å². The van der Waals surface area contributed by atoms with Crippen LogP contribution in [0.25, 0.3) is 11.4 Å². The summed E-state index contributed by atoms with van der Waals surface area (Å²) in [5.41, 5.74) is 0.740. The molecule has 0 bridgehead atoms. The van der Waals surface area contributed by atoms with Gasteiger partial charge in [-0.1, -0.05) is 11.2 Å². The van der Waals surface area contributed by atoms with Gasteiger partial charge in [0.2, 0.25) is 17.6 Å². The Labute approximate surface area is 154 Å². The molecule has 2 aromatic rings. The number of methoxy groups -OCH3 is 1. The minimum atomic E-state index is -4.45. The van der Waals surface area contributed by atoms with E-state index in [4.69, 9.17) is 9.26 Å². The van der Waals surface area contributed by atoms with Crippen LogP contribution in [-0.2, 0) is 11.2 Å². The Hall–Kier alpha value is -2.84. The van der Waals surface area contributed by atoms with Gasteiger partial charge >= 0.3 is 6.18 Å². The Balaban J connectivity index is 1.88. The Kier molecular flexibility index (Phi) is 6.98. The van der Waals surface area contributed by atoms with Crippen LogP contribution >= 0.6 is 0 Å². The van der Waals surface area contributed by atoms with E-state index in [9.17, 15) is 18.0 Å². The lowest BCUT2D eigenvalue weighted by Crippen LogP contribution is -2.39. The summed E-state index contributed by atoms with van der Waals surface area (Å²) in [5.74, 6) is 0.815. The first-order chi connectivity index (χ1) is 12.8. The molecule has 0 N–H and O–H groups in total.